The molecule has 7 nitrogen and oxygen atoms in total. The fraction of sp³-hybridized carbons (Fsp3) is 0.556. The molecule has 1 aromatic carbocycles. The van der Waals surface area contributed by atoms with Crippen molar-refractivity contribution in [3.8, 4) is 0 Å². The van der Waals surface area contributed by atoms with Gasteiger partial charge in [-0.3, -0.25) is 9.69 Å². The van der Waals surface area contributed by atoms with E-state index < -0.39 is 23.3 Å². The normalized spacial score (nSPS) is 26.2. The average Bonchev–Trinajstić information content (AvgIpc) is 2.86. The van der Waals surface area contributed by atoms with E-state index >= 15 is 0 Å². The Balaban J connectivity index is 1.56. The number of hydrogen-bond acceptors (Lipinski definition) is 5. The van der Waals surface area contributed by atoms with Gasteiger partial charge in [-0.05, 0) is 49.0 Å². The molecule has 1 aromatic rings. The second-order valence-corrected chi connectivity index (χ2v) is 11.2. The molecule has 2 fully saturated rings. The lowest BCUT2D eigenvalue weighted by Gasteiger charge is -2.43. The number of hydrogen-bond donors (Lipinski definition) is 3. The van der Waals surface area contributed by atoms with E-state index in [0.717, 1.165) is 69.5 Å². The van der Waals surface area contributed by atoms with Crippen LogP contribution in [0, 0.1) is 17.3 Å². The quantitative estimate of drug-likeness (QED) is 0.463. The third kappa shape index (κ3) is 5.30. The number of piperazine rings is 1. The van der Waals surface area contributed by atoms with E-state index in [-0.39, 0.29) is 16.5 Å². The fourth-order valence-electron chi connectivity index (χ4n) is 6.25. The van der Waals surface area contributed by atoms with Crippen LogP contribution in [0.25, 0.3) is 0 Å². The molecule has 0 aromatic heterocycles. The molecule has 1 saturated heterocycles. The Morgan fingerprint density at radius 1 is 1.08 bits per heavy atom. The van der Waals surface area contributed by atoms with Crippen LogP contribution in [-0.4, -0.2) is 59.8 Å². The molecule has 36 heavy (non-hydrogen) atoms. The highest BCUT2D eigenvalue weighted by Crippen LogP contribution is 2.51. The topological polar surface area (TPSA) is 107 Å². The maximum absolute atomic E-state index is 12.6. The molecular weight excluding hydrogens is 501 g/mol. The van der Waals surface area contributed by atoms with E-state index in [0.29, 0.717) is 23.7 Å². The highest BCUT2D eigenvalue weighted by atomic mass is 35.5. The van der Waals surface area contributed by atoms with Gasteiger partial charge in [0.15, 0.2) is 0 Å². The molecule has 4 N–H and O–H groups in total. The predicted molar refractivity (Wildman–Crippen MR) is 142 cm³/mol. The Morgan fingerprint density at radius 2 is 1.75 bits per heavy atom. The van der Waals surface area contributed by atoms with Crippen molar-refractivity contribution in [1.29, 1.82) is 0 Å². The zero-order valence-electron chi connectivity index (χ0n) is 20.7. The zero-order valence-corrected chi connectivity index (χ0v) is 22.2. The molecule has 0 amide bonds. The van der Waals surface area contributed by atoms with Crippen molar-refractivity contribution in [1.82, 2.24) is 4.90 Å². The third-order valence-electron chi connectivity index (χ3n) is 8.14. The number of benzene rings is 1. The van der Waals surface area contributed by atoms with Gasteiger partial charge >= 0.3 is 11.9 Å². The van der Waals surface area contributed by atoms with Gasteiger partial charge in [-0.25, -0.2) is 4.79 Å². The molecule has 4 rings (SSSR count). The van der Waals surface area contributed by atoms with Crippen LogP contribution in [0.1, 0.15) is 44.6 Å². The summed E-state index contributed by atoms with van der Waals surface area (Å²) in [5.74, 6) is -2.76. The molecule has 0 bridgehead atoms. The molecule has 2 atom stereocenters. The van der Waals surface area contributed by atoms with Crippen molar-refractivity contribution in [2.75, 3.05) is 37.6 Å². The standard InChI is InChI=1S/C27H35Cl2N3O4/c1-27(26(35)36)14-19(24(29)22(25(33)34)23(27)17-5-3-2-4-6-17)16-31-9-11-32(12-10-31)21-13-20(28)8-7-18(21)15-30/h7-8,13-14,17,23H,2-6,9-12,15-16,30H2,1H3,(H,33,34)(H,35,36). The van der Waals surface area contributed by atoms with Gasteiger partial charge in [-0.2, -0.15) is 0 Å². The first-order valence-electron chi connectivity index (χ1n) is 12.7. The first kappa shape index (κ1) is 27.0. The second kappa shape index (κ2) is 11.1. The first-order chi connectivity index (χ1) is 17.2. The monoisotopic (exact) mass is 535 g/mol. The van der Waals surface area contributed by atoms with Gasteiger partial charge in [0, 0.05) is 55.9 Å². The van der Waals surface area contributed by atoms with E-state index in [1.165, 1.54) is 0 Å². The van der Waals surface area contributed by atoms with Crippen LogP contribution < -0.4 is 10.6 Å². The molecule has 3 aliphatic rings. The molecule has 2 aliphatic carbocycles. The van der Waals surface area contributed by atoms with Gasteiger partial charge in [0.25, 0.3) is 0 Å². The minimum atomic E-state index is -1.32. The lowest BCUT2D eigenvalue weighted by Crippen LogP contribution is -2.48. The molecule has 1 aliphatic heterocycles. The molecule has 1 saturated carbocycles. The van der Waals surface area contributed by atoms with E-state index in [4.69, 9.17) is 28.9 Å². The summed E-state index contributed by atoms with van der Waals surface area (Å²) >= 11 is 13.0. The molecule has 0 radical (unpaired) electrons. The van der Waals surface area contributed by atoms with E-state index in [9.17, 15) is 19.8 Å². The zero-order chi connectivity index (χ0) is 26.0. The predicted octanol–water partition coefficient (Wildman–Crippen LogP) is 4.73. The summed E-state index contributed by atoms with van der Waals surface area (Å²) < 4.78 is 0. The van der Waals surface area contributed by atoms with E-state index in [2.05, 4.69) is 9.80 Å². The van der Waals surface area contributed by atoms with Crippen LogP contribution in [0.4, 0.5) is 5.69 Å². The summed E-state index contributed by atoms with van der Waals surface area (Å²) in [6.45, 7) is 5.42. The minimum Gasteiger partial charge on any atom is -0.481 e. The molecule has 1 heterocycles. The fourth-order valence-corrected chi connectivity index (χ4v) is 6.72. The third-order valence-corrected chi connectivity index (χ3v) is 8.82. The first-order valence-corrected chi connectivity index (χ1v) is 13.5. The number of carbonyl (C=O) groups is 2. The van der Waals surface area contributed by atoms with E-state index in [1.807, 2.05) is 18.2 Å². The van der Waals surface area contributed by atoms with Gasteiger partial charge in [-0.1, -0.05) is 54.6 Å². The Bertz CT molecular complexity index is 1070. The van der Waals surface area contributed by atoms with Gasteiger partial charge in [-0.15, -0.1) is 0 Å². The largest absolute Gasteiger partial charge is 0.481 e. The summed E-state index contributed by atoms with van der Waals surface area (Å²) in [5, 5.41) is 21.3. The number of nitrogens with zero attached hydrogens (tertiary/aromatic N) is 2. The highest BCUT2D eigenvalue weighted by molar-refractivity contribution is 6.34. The Kier molecular flexibility index (Phi) is 8.35. The maximum atomic E-state index is 12.6. The van der Waals surface area contributed by atoms with Crippen molar-refractivity contribution < 1.29 is 19.8 Å². The summed E-state index contributed by atoms with van der Waals surface area (Å²) in [5.41, 5.74) is 7.32. The van der Waals surface area contributed by atoms with Crippen LogP contribution in [0.15, 0.2) is 40.5 Å². The van der Waals surface area contributed by atoms with Crippen molar-refractivity contribution in [3.05, 3.63) is 51.0 Å². The second-order valence-electron chi connectivity index (χ2n) is 10.4. The van der Waals surface area contributed by atoms with Crippen LogP contribution in [-0.2, 0) is 16.1 Å². The molecular formula is C27H35Cl2N3O4. The number of nitrogens with two attached hydrogens (primary N) is 1. The van der Waals surface area contributed by atoms with Gasteiger partial charge in [0.2, 0.25) is 0 Å². The average molecular weight is 537 g/mol. The van der Waals surface area contributed by atoms with Crippen LogP contribution in [0.3, 0.4) is 0 Å². The number of rotatable bonds is 7. The Labute approximate surface area is 222 Å². The van der Waals surface area contributed by atoms with Crippen LogP contribution in [0.2, 0.25) is 5.02 Å². The molecule has 0 spiro atoms. The Morgan fingerprint density at radius 3 is 2.33 bits per heavy atom. The van der Waals surface area contributed by atoms with Gasteiger partial charge < -0.3 is 20.8 Å². The summed E-state index contributed by atoms with van der Waals surface area (Å²) in [6.07, 6.45) is 6.46. The van der Waals surface area contributed by atoms with E-state index in [1.54, 1.807) is 13.0 Å². The van der Waals surface area contributed by atoms with Crippen molar-refractivity contribution in [3.63, 3.8) is 0 Å². The number of halogens is 2. The maximum Gasteiger partial charge on any atom is 0.333 e. The lowest BCUT2D eigenvalue weighted by molar-refractivity contribution is -0.149. The number of anilines is 1. The smallest absolute Gasteiger partial charge is 0.333 e. The number of carboxylic acid groups (broad SMARTS) is 2. The van der Waals surface area contributed by atoms with Crippen LogP contribution in [0.5, 0.6) is 0 Å². The van der Waals surface area contributed by atoms with Gasteiger partial charge in [0.05, 0.1) is 16.0 Å². The lowest BCUT2D eigenvalue weighted by atomic mass is 9.60. The van der Waals surface area contributed by atoms with Crippen molar-refractivity contribution in [2.45, 2.75) is 45.6 Å². The molecule has 196 valence electrons. The SMILES string of the molecule is CC1(C(=O)O)C=C(CN2CCN(c3cc(Cl)ccc3CN)CC2)C(Cl)=C(C(=O)O)C1C1CCCCC1. The van der Waals surface area contributed by atoms with Crippen LogP contribution >= 0.6 is 23.2 Å². The number of carboxylic acids is 2. The number of aliphatic carboxylic acids is 2. The highest BCUT2D eigenvalue weighted by Gasteiger charge is 2.51. The molecule has 2 unspecified atom stereocenters. The summed E-state index contributed by atoms with van der Waals surface area (Å²) in [6, 6.07) is 5.73. The van der Waals surface area contributed by atoms with Gasteiger partial charge in [0.1, 0.15) is 0 Å². The minimum absolute atomic E-state index is 0.00418. The molecule has 9 heteroatoms. The summed E-state index contributed by atoms with van der Waals surface area (Å²) in [4.78, 5) is 29.5. The van der Waals surface area contributed by atoms with Crippen molar-refractivity contribution in [2.24, 2.45) is 23.0 Å². The summed E-state index contributed by atoms with van der Waals surface area (Å²) in [7, 11) is 0. The Hall–Kier alpha value is -2.06. The van der Waals surface area contributed by atoms with Crippen molar-refractivity contribution >= 4 is 40.8 Å².